The maximum Gasteiger partial charge on any atom is 0.241 e. The van der Waals surface area contributed by atoms with Crippen molar-refractivity contribution >= 4 is 33.0 Å². The highest BCUT2D eigenvalue weighted by Gasteiger charge is 2.15. The predicted molar refractivity (Wildman–Crippen MR) is 80.4 cm³/mol. The van der Waals surface area contributed by atoms with Crippen LogP contribution in [-0.4, -0.2) is 20.4 Å². The first-order chi connectivity index (χ1) is 9.53. The van der Waals surface area contributed by atoms with Crippen molar-refractivity contribution in [2.45, 2.75) is 18.0 Å². The van der Waals surface area contributed by atoms with Crippen molar-refractivity contribution in [1.29, 1.82) is 0 Å². The molecule has 8 heteroatoms. The Morgan fingerprint density at radius 1 is 1.35 bits per heavy atom. The van der Waals surface area contributed by atoms with Gasteiger partial charge in [-0.1, -0.05) is 17.7 Å². The van der Waals surface area contributed by atoms with E-state index in [0.29, 0.717) is 16.6 Å². The monoisotopic (exact) mass is 331 g/mol. The maximum absolute atomic E-state index is 12.1. The Hall–Kier alpha value is -0.990. The average Bonchev–Trinajstić information content (AvgIpc) is 2.92. The fraction of sp³-hybridized carbons (Fsp3) is 0.250. The first kappa shape index (κ1) is 15.4. The number of thiazole rings is 1. The lowest BCUT2D eigenvalue weighted by Gasteiger charge is -2.08. The van der Waals surface area contributed by atoms with Gasteiger partial charge < -0.3 is 5.32 Å². The third kappa shape index (κ3) is 3.77. The molecule has 2 aromatic rings. The van der Waals surface area contributed by atoms with Crippen LogP contribution in [0.25, 0.3) is 0 Å². The van der Waals surface area contributed by atoms with Crippen LogP contribution in [0.2, 0.25) is 5.02 Å². The second-order valence-electron chi connectivity index (χ2n) is 4.03. The van der Waals surface area contributed by atoms with Gasteiger partial charge in [0, 0.05) is 23.1 Å². The van der Waals surface area contributed by atoms with E-state index in [9.17, 15) is 8.42 Å². The fourth-order valence-electron chi connectivity index (χ4n) is 1.61. The Morgan fingerprint density at radius 3 is 2.75 bits per heavy atom. The molecule has 0 unspecified atom stereocenters. The minimum absolute atomic E-state index is 0.152. The van der Waals surface area contributed by atoms with Crippen molar-refractivity contribution in [3.8, 4) is 0 Å². The van der Waals surface area contributed by atoms with Crippen LogP contribution in [0.1, 0.15) is 10.6 Å². The standard InChI is InChI=1S/C12H14ClN3O2S2/c1-14-7-9-2-3-10(6-11(9)13)20(17,18)16-8-12-15-4-5-19-12/h2-6,14,16H,7-8H2,1H3. The summed E-state index contributed by atoms with van der Waals surface area (Å²) in [4.78, 5) is 4.18. The molecule has 0 radical (unpaired) electrons. The zero-order valence-electron chi connectivity index (χ0n) is 10.8. The van der Waals surface area contributed by atoms with Gasteiger partial charge in [0.15, 0.2) is 0 Å². The molecular formula is C12H14ClN3O2S2. The lowest BCUT2D eigenvalue weighted by atomic mass is 10.2. The number of nitrogens with zero attached hydrogens (tertiary/aromatic N) is 1. The Bertz CT molecular complexity index is 672. The van der Waals surface area contributed by atoms with Gasteiger partial charge in [-0.15, -0.1) is 11.3 Å². The number of rotatable bonds is 6. The Labute approximate surface area is 127 Å². The minimum Gasteiger partial charge on any atom is -0.316 e. The normalized spacial score (nSPS) is 11.7. The largest absolute Gasteiger partial charge is 0.316 e. The molecule has 2 rings (SSSR count). The highest BCUT2D eigenvalue weighted by molar-refractivity contribution is 7.89. The number of sulfonamides is 1. The van der Waals surface area contributed by atoms with Gasteiger partial charge in [0.25, 0.3) is 0 Å². The van der Waals surface area contributed by atoms with Crippen LogP contribution in [0.5, 0.6) is 0 Å². The van der Waals surface area contributed by atoms with Crippen molar-refractivity contribution in [3.05, 3.63) is 45.4 Å². The summed E-state index contributed by atoms with van der Waals surface area (Å²) in [5.41, 5.74) is 0.855. The van der Waals surface area contributed by atoms with Gasteiger partial charge in [-0.2, -0.15) is 0 Å². The average molecular weight is 332 g/mol. The van der Waals surface area contributed by atoms with Crippen LogP contribution in [0.15, 0.2) is 34.7 Å². The summed E-state index contributed by atoms with van der Waals surface area (Å²) in [6.45, 7) is 0.765. The summed E-state index contributed by atoms with van der Waals surface area (Å²) in [6, 6.07) is 4.71. The molecule has 2 N–H and O–H groups in total. The molecule has 0 atom stereocenters. The smallest absolute Gasteiger partial charge is 0.241 e. The molecule has 0 saturated carbocycles. The second kappa shape index (κ2) is 6.64. The molecule has 0 bridgehead atoms. The van der Waals surface area contributed by atoms with Crippen molar-refractivity contribution in [2.75, 3.05) is 7.05 Å². The van der Waals surface area contributed by atoms with Crippen LogP contribution in [0.4, 0.5) is 0 Å². The van der Waals surface area contributed by atoms with E-state index < -0.39 is 10.0 Å². The Balaban J connectivity index is 2.14. The lowest BCUT2D eigenvalue weighted by molar-refractivity contribution is 0.581. The van der Waals surface area contributed by atoms with E-state index in [4.69, 9.17) is 11.6 Å². The van der Waals surface area contributed by atoms with Crippen LogP contribution in [-0.2, 0) is 23.1 Å². The van der Waals surface area contributed by atoms with Crippen LogP contribution >= 0.6 is 22.9 Å². The summed E-state index contributed by atoms with van der Waals surface area (Å²) >= 11 is 7.47. The van der Waals surface area contributed by atoms with E-state index in [1.807, 2.05) is 0 Å². The summed E-state index contributed by atoms with van der Waals surface area (Å²) in [6.07, 6.45) is 1.64. The molecule has 5 nitrogen and oxygen atoms in total. The molecular weight excluding hydrogens is 318 g/mol. The first-order valence-corrected chi connectivity index (χ1v) is 8.58. The third-order valence-corrected chi connectivity index (χ3v) is 5.13. The van der Waals surface area contributed by atoms with Gasteiger partial charge in [0.05, 0.1) is 11.4 Å². The second-order valence-corrected chi connectivity index (χ2v) is 7.19. The van der Waals surface area contributed by atoms with Crippen molar-refractivity contribution in [3.63, 3.8) is 0 Å². The quantitative estimate of drug-likeness (QED) is 0.849. The van der Waals surface area contributed by atoms with E-state index in [1.54, 1.807) is 30.8 Å². The fourth-order valence-corrected chi connectivity index (χ4v) is 3.58. The van der Waals surface area contributed by atoms with E-state index in [2.05, 4.69) is 15.0 Å². The third-order valence-electron chi connectivity index (χ3n) is 2.60. The summed E-state index contributed by atoms with van der Waals surface area (Å²) in [7, 11) is -1.78. The topological polar surface area (TPSA) is 71.1 Å². The summed E-state index contributed by atoms with van der Waals surface area (Å²) < 4.78 is 26.8. The molecule has 108 valence electrons. The zero-order chi connectivity index (χ0) is 14.6. The highest BCUT2D eigenvalue weighted by Crippen LogP contribution is 2.21. The lowest BCUT2D eigenvalue weighted by Crippen LogP contribution is -2.23. The number of benzene rings is 1. The first-order valence-electron chi connectivity index (χ1n) is 5.84. The van der Waals surface area contributed by atoms with E-state index in [1.165, 1.54) is 17.4 Å². The number of aromatic nitrogens is 1. The summed E-state index contributed by atoms with van der Waals surface area (Å²) in [5.74, 6) is 0. The molecule has 1 aromatic heterocycles. The zero-order valence-corrected chi connectivity index (χ0v) is 13.1. The highest BCUT2D eigenvalue weighted by atomic mass is 35.5. The van der Waals surface area contributed by atoms with Gasteiger partial charge >= 0.3 is 0 Å². The number of hydrogen-bond acceptors (Lipinski definition) is 5. The molecule has 20 heavy (non-hydrogen) atoms. The molecule has 0 amide bonds. The minimum atomic E-state index is -3.58. The molecule has 0 spiro atoms. The van der Waals surface area contributed by atoms with Crippen LogP contribution < -0.4 is 10.0 Å². The van der Waals surface area contributed by atoms with Gasteiger partial charge in [0.1, 0.15) is 5.01 Å². The van der Waals surface area contributed by atoms with Gasteiger partial charge in [0.2, 0.25) is 10.0 Å². The molecule has 1 aromatic carbocycles. The number of halogens is 1. The number of nitrogens with one attached hydrogen (secondary N) is 2. The number of hydrogen-bond donors (Lipinski definition) is 2. The Morgan fingerprint density at radius 2 is 2.15 bits per heavy atom. The molecule has 0 aliphatic carbocycles. The SMILES string of the molecule is CNCc1ccc(S(=O)(=O)NCc2nccs2)cc1Cl. The van der Waals surface area contributed by atoms with E-state index >= 15 is 0 Å². The van der Waals surface area contributed by atoms with E-state index in [-0.39, 0.29) is 11.4 Å². The molecule has 1 heterocycles. The summed E-state index contributed by atoms with van der Waals surface area (Å²) in [5, 5.41) is 5.91. The maximum atomic E-state index is 12.1. The van der Waals surface area contributed by atoms with Crippen molar-refractivity contribution in [2.24, 2.45) is 0 Å². The molecule has 0 aliphatic rings. The van der Waals surface area contributed by atoms with Crippen molar-refractivity contribution in [1.82, 2.24) is 15.0 Å². The van der Waals surface area contributed by atoms with Gasteiger partial charge in [-0.25, -0.2) is 18.1 Å². The van der Waals surface area contributed by atoms with Gasteiger partial charge in [-0.05, 0) is 24.7 Å². The Kier molecular flexibility index (Phi) is 5.11. The van der Waals surface area contributed by atoms with Crippen LogP contribution in [0, 0.1) is 0 Å². The van der Waals surface area contributed by atoms with E-state index in [0.717, 1.165) is 5.56 Å². The van der Waals surface area contributed by atoms with Gasteiger partial charge in [-0.3, -0.25) is 0 Å². The molecule has 0 saturated heterocycles. The van der Waals surface area contributed by atoms with Crippen LogP contribution in [0.3, 0.4) is 0 Å². The molecule has 0 aliphatic heterocycles. The predicted octanol–water partition coefficient (Wildman–Crippen LogP) is 1.99. The molecule has 0 fully saturated rings. The van der Waals surface area contributed by atoms with Crippen molar-refractivity contribution < 1.29 is 8.42 Å².